The number of hydrogen-bond acceptors (Lipinski definition) is 0. The van der Waals surface area contributed by atoms with E-state index >= 15 is 0 Å². The standard InChI is InChI=1S/C8H17O/c1-7(5-6-9)8(2,3)4/h7H,5-6H2,1-4H3. The molecule has 0 amide bonds. The van der Waals surface area contributed by atoms with Crippen molar-refractivity contribution in [3.63, 3.8) is 0 Å². The summed E-state index contributed by atoms with van der Waals surface area (Å²) in [6, 6.07) is 0. The Balaban J connectivity index is 3.59. The molecule has 0 aliphatic heterocycles. The summed E-state index contributed by atoms with van der Waals surface area (Å²) in [7, 11) is 0. The second-order valence-electron chi connectivity index (χ2n) is 3.76. The summed E-state index contributed by atoms with van der Waals surface area (Å²) < 4.78 is 0. The van der Waals surface area contributed by atoms with E-state index in [1.165, 1.54) is 0 Å². The molecule has 0 rings (SSSR count). The Kier molecular flexibility index (Phi) is 3.20. The highest BCUT2D eigenvalue weighted by Gasteiger charge is 2.18. The molecule has 1 atom stereocenters. The van der Waals surface area contributed by atoms with Crippen LogP contribution in [0.25, 0.3) is 0 Å². The van der Waals surface area contributed by atoms with Crippen LogP contribution < -0.4 is 0 Å². The van der Waals surface area contributed by atoms with Gasteiger partial charge in [0.15, 0.2) is 0 Å². The average molecular weight is 129 g/mol. The first kappa shape index (κ1) is 8.96. The van der Waals surface area contributed by atoms with Gasteiger partial charge in [0, 0.05) is 0 Å². The first-order chi connectivity index (χ1) is 3.98. The smallest absolute Gasteiger partial charge is 0.0825 e. The molecule has 0 heterocycles. The Morgan fingerprint density at radius 3 is 1.89 bits per heavy atom. The first-order valence-electron chi connectivity index (χ1n) is 3.56. The maximum atomic E-state index is 10.2. The minimum atomic E-state index is 0.0679. The van der Waals surface area contributed by atoms with Crippen molar-refractivity contribution in [1.29, 1.82) is 0 Å². The van der Waals surface area contributed by atoms with Gasteiger partial charge in [0.1, 0.15) is 0 Å². The predicted octanol–water partition coefficient (Wildman–Crippen LogP) is 2.49. The largest absolute Gasteiger partial charge is 0.237 e. The van der Waals surface area contributed by atoms with Gasteiger partial charge >= 0.3 is 0 Å². The third-order valence-corrected chi connectivity index (χ3v) is 2.03. The SMILES string of the molecule is CC(CC[O])C(C)(C)C. The van der Waals surface area contributed by atoms with Crippen molar-refractivity contribution in [2.75, 3.05) is 6.61 Å². The van der Waals surface area contributed by atoms with Crippen LogP contribution in [0.15, 0.2) is 0 Å². The maximum absolute atomic E-state index is 10.2. The van der Waals surface area contributed by atoms with Crippen LogP contribution in [0.3, 0.4) is 0 Å². The molecule has 0 spiro atoms. The lowest BCUT2D eigenvalue weighted by Crippen LogP contribution is -2.17. The molecule has 9 heavy (non-hydrogen) atoms. The molecule has 0 aromatic rings. The fraction of sp³-hybridized carbons (Fsp3) is 1.00. The van der Waals surface area contributed by atoms with Crippen LogP contribution in [-0.2, 0) is 5.11 Å². The lowest BCUT2D eigenvalue weighted by Gasteiger charge is -2.25. The fourth-order valence-electron chi connectivity index (χ4n) is 0.610. The third-order valence-electron chi connectivity index (χ3n) is 2.03. The van der Waals surface area contributed by atoms with Crippen LogP contribution in [0.2, 0.25) is 0 Å². The van der Waals surface area contributed by atoms with Crippen molar-refractivity contribution < 1.29 is 5.11 Å². The van der Waals surface area contributed by atoms with Crippen LogP contribution in [0, 0.1) is 11.3 Å². The van der Waals surface area contributed by atoms with E-state index in [-0.39, 0.29) is 6.61 Å². The Bertz CT molecular complexity index is 71.1. The summed E-state index contributed by atoms with van der Waals surface area (Å²) in [4.78, 5) is 0. The minimum Gasteiger partial charge on any atom is -0.237 e. The molecule has 0 saturated carbocycles. The van der Waals surface area contributed by atoms with E-state index in [1.807, 2.05) is 0 Å². The van der Waals surface area contributed by atoms with E-state index in [2.05, 4.69) is 27.7 Å². The molecule has 1 unspecified atom stereocenters. The topological polar surface area (TPSA) is 19.9 Å². The molecule has 0 aliphatic carbocycles. The highest BCUT2D eigenvalue weighted by atomic mass is 16.3. The summed E-state index contributed by atoms with van der Waals surface area (Å²) in [5, 5.41) is 10.2. The lowest BCUT2D eigenvalue weighted by molar-refractivity contribution is 0.138. The molecule has 0 saturated heterocycles. The summed E-state index contributed by atoms with van der Waals surface area (Å²) in [5.41, 5.74) is 0.310. The van der Waals surface area contributed by atoms with E-state index in [9.17, 15) is 5.11 Å². The molecule has 0 aromatic carbocycles. The summed E-state index contributed by atoms with van der Waals surface area (Å²) in [6.45, 7) is 8.73. The molecule has 1 radical (unpaired) electrons. The second-order valence-corrected chi connectivity index (χ2v) is 3.76. The van der Waals surface area contributed by atoms with Gasteiger partial charge < -0.3 is 0 Å². The van der Waals surface area contributed by atoms with Crippen molar-refractivity contribution in [2.45, 2.75) is 34.1 Å². The Hall–Kier alpha value is -0.0400. The zero-order chi connectivity index (χ0) is 7.49. The Morgan fingerprint density at radius 1 is 1.33 bits per heavy atom. The zero-order valence-corrected chi connectivity index (χ0v) is 6.90. The highest BCUT2D eigenvalue weighted by Crippen LogP contribution is 2.27. The Labute approximate surface area is 58.1 Å². The molecule has 0 aliphatic rings. The van der Waals surface area contributed by atoms with Crippen molar-refractivity contribution >= 4 is 0 Å². The maximum Gasteiger partial charge on any atom is 0.0825 e. The van der Waals surface area contributed by atoms with Crippen molar-refractivity contribution in [2.24, 2.45) is 11.3 Å². The van der Waals surface area contributed by atoms with Crippen LogP contribution in [0.1, 0.15) is 34.1 Å². The second kappa shape index (κ2) is 3.21. The molecular formula is C8H17O. The molecule has 0 fully saturated rings. The monoisotopic (exact) mass is 129 g/mol. The van der Waals surface area contributed by atoms with Gasteiger partial charge in [-0.2, -0.15) is 0 Å². The van der Waals surface area contributed by atoms with Crippen LogP contribution in [-0.4, -0.2) is 6.61 Å². The molecule has 0 N–H and O–H groups in total. The molecule has 1 heteroatoms. The van der Waals surface area contributed by atoms with E-state index in [0.717, 1.165) is 6.42 Å². The lowest BCUT2D eigenvalue weighted by atomic mass is 9.80. The van der Waals surface area contributed by atoms with Crippen molar-refractivity contribution in [3.05, 3.63) is 0 Å². The zero-order valence-electron chi connectivity index (χ0n) is 6.90. The normalized spacial score (nSPS) is 15.7. The first-order valence-corrected chi connectivity index (χ1v) is 3.56. The van der Waals surface area contributed by atoms with E-state index < -0.39 is 0 Å². The van der Waals surface area contributed by atoms with E-state index in [1.54, 1.807) is 0 Å². The number of hydrogen-bond donors (Lipinski definition) is 0. The minimum absolute atomic E-state index is 0.0679. The van der Waals surface area contributed by atoms with Gasteiger partial charge in [0.25, 0.3) is 0 Å². The van der Waals surface area contributed by atoms with Gasteiger partial charge in [-0.25, -0.2) is 5.11 Å². The molecule has 55 valence electrons. The van der Waals surface area contributed by atoms with E-state index in [0.29, 0.717) is 11.3 Å². The molecule has 0 aromatic heterocycles. The Morgan fingerprint density at radius 2 is 1.78 bits per heavy atom. The van der Waals surface area contributed by atoms with Crippen LogP contribution >= 0.6 is 0 Å². The molecule has 0 bridgehead atoms. The van der Waals surface area contributed by atoms with Gasteiger partial charge in [-0.3, -0.25) is 0 Å². The van der Waals surface area contributed by atoms with Gasteiger partial charge in [-0.1, -0.05) is 27.7 Å². The van der Waals surface area contributed by atoms with Crippen molar-refractivity contribution in [3.8, 4) is 0 Å². The number of rotatable bonds is 2. The van der Waals surface area contributed by atoms with Gasteiger partial charge in [-0.05, 0) is 17.8 Å². The third kappa shape index (κ3) is 3.52. The fourth-order valence-corrected chi connectivity index (χ4v) is 0.610. The molecule has 1 nitrogen and oxygen atoms in total. The van der Waals surface area contributed by atoms with E-state index in [4.69, 9.17) is 0 Å². The molecular weight excluding hydrogens is 112 g/mol. The van der Waals surface area contributed by atoms with Crippen LogP contribution in [0.4, 0.5) is 0 Å². The van der Waals surface area contributed by atoms with Crippen LogP contribution in [0.5, 0.6) is 0 Å². The highest BCUT2D eigenvalue weighted by molar-refractivity contribution is 4.68. The quantitative estimate of drug-likeness (QED) is 0.546. The average Bonchev–Trinajstić information content (AvgIpc) is 1.64. The van der Waals surface area contributed by atoms with Gasteiger partial charge in [0.2, 0.25) is 0 Å². The predicted molar refractivity (Wildman–Crippen MR) is 38.8 cm³/mol. The summed E-state index contributed by atoms with van der Waals surface area (Å²) >= 11 is 0. The van der Waals surface area contributed by atoms with Crippen molar-refractivity contribution in [1.82, 2.24) is 0 Å². The summed E-state index contributed by atoms with van der Waals surface area (Å²) in [5.74, 6) is 0.551. The van der Waals surface area contributed by atoms with Gasteiger partial charge in [0.05, 0.1) is 6.61 Å². The van der Waals surface area contributed by atoms with Gasteiger partial charge in [-0.15, -0.1) is 0 Å². The summed E-state index contributed by atoms with van der Waals surface area (Å²) in [6.07, 6.45) is 0.809.